The van der Waals surface area contributed by atoms with Gasteiger partial charge >= 0.3 is 0 Å². The normalized spacial score (nSPS) is 12.8. The molecule has 0 aliphatic rings. The van der Waals surface area contributed by atoms with E-state index in [0.29, 0.717) is 0 Å². The molecule has 0 saturated carbocycles. The third kappa shape index (κ3) is 3.22. The maximum atomic E-state index is 3.79. The summed E-state index contributed by atoms with van der Waals surface area (Å²) in [5.74, 6) is 0. The monoisotopic (exact) mass is 436 g/mol. The van der Waals surface area contributed by atoms with Crippen molar-refractivity contribution in [3.8, 4) is 0 Å². The van der Waals surface area contributed by atoms with Crippen LogP contribution in [0.4, 0.5) is 0 Å². The van der Waals surface area contributed by atoms with Gasteiger partial charge in [0, 0.05) is 9.35 Å². The number of thiophene rings is 1. The van der Waals surface area contributed by atoms with Crippen LogP contribution in [0.15, 0.2) is 32.5 Å². The highest BCUT2D eigenvalue weighted by atomic mass is 79.9. The number of aryl methyl sites for hydroxylation is 2. The Labute approximate surface area is 131 Å². The Morgan fingerprint density at radius 2 is 1.76 bits per heavy atom. The van der Waals surface area contributed by atoms with Gasteiger partial charge in [-0.1, -0.05) is 37.9 Å². The van der Waals surface area contributed by atoms with Crippen LogP contribution in [-0.2, 0) is 0 Å². The Kier molecular flexibility index (Phi) is 4.50. The van der Waals surface area contributed by atoms with Crippen LogP contribution in [0.1, 0.15) is 26.4 Å². The molecule has 0 aliphatic carbocycles. The van der Waals surface area contributed by atoms with Crippen LogP contribution in [0, 0.1) is 13.8 Å². The van der Waals surface area contributed by atoms with Crippen LogP contribution in [0.3, 0.4) is 0 Å². The van der Waals surface area contributed by atoms with Gasteiger partial charge in [-0.3, -0.25) is 0 Å². The molecule has 0 amide bonds. The highest BCUT2D eigenvalue weighted by Crippen LogP contribution is 2.39. The fraction of sp³-hybridized carbons (Fsp3) is 0.231. The lowest BCUT2D eigenvalue weighted by molar-refractivity contribution is 1.16. The summed E-state index contributed by atoms with van der Waals surface area (Å²) in [6.45, 7) is 4.27. The topological polar surface area (TPSA) is 0 Å². The van der Waals surface area contributed by atoms with Gasteiger partial charge in [0.1, 0.15) is 0 Å². The molecule has 0 fully saturated rings. The Hall–Kier alpha value is 0.360. The number of hydrogen-bond donors (Lipinski definition) is 0. The first-order chi connectivity index (χ1) is 7.97. The van der Waals surface area contributed by atoms with Crippen molar-refractivity contribution in [2.75, 3.05) is 0 Å². The molecule has 1 heterocycles. The number of alkyl halides is 1. The molecule has 90 valence electrons. The fourth-order valence-corrected chi connectivity index (χ4v) is 5.07. The largest absolute Gasteiger partial charge is 0.133 e. The quantitative estimate of drug-likeness (QED) is 0.477. The maximum absolute atomic E-state index is 3.79. The number of benzene rings is 1. The molecule has 0 aliphatic heterocycles. The van der Waals surface area contributed by atoms with Crippen LogP contribution in [0.2, 0.25) is 0 Å². The van der Waals surface area contributed by atoms with Gasteiger partial charge in [-0.15, -0.1) is 11.3 Å². The van der Waals surface area contributed by atoms with E-state index >= 15 is 0 Å². The summed E-state index contributed by atoms with van der Waals surface area (Å²) < 4.78 is 2.31. The van der Waals surface area contributed by atoms with Gasteiger partial charge < -0.3 is 0 Å². The summed E-state index contributed by atoms with van der Waals surface area (Å²) in [5.41, 5.74) is 3.88. The first-order valence-corrected chi connectivity index (χ1v) is 8.46. The molecule has 4 heteroatoms. The minimum atomic E-state index is 0.251. The SMILES string of the molecule is Cc1cc(Br)cc(C(Br)c2cc(Br)sc2C)c1. The van der Waals surface area contributed by atoms with E-state index in [9.17, 15) is 0 Å². The molecule has 0 bridgehead atoms. The van der Waals surface area contributed by atoms with Crippen molar-refractivity contribution in [1.82, 2.24) is 0 Å². The van der Waals surface area contributed by atoms with E-state index in [4.69, 9.17) is 0 Å². The zero-order valence-corrected chi connectivity index (χ0v) is 15.0. The predicted octanol–water partition coefficient (Wildman–Crippen LogP) is 6.37. The second-order valence-corrected chi connectivity index (χ2v) is 8.45. The number of rotatable bonds is 2. The van der Waals surface area contributed by atoms with Crippen molar-refractivity contribution in [2.24, 2.45) is 0 Å². The summed E-state index contributed by atoms with van der Waals surface area (Å²) in [6.07, 6.45) is 0. The zero-order chi connectivity index (χ0) is 12.6. The molecule has 0 saturated heterocycles. The maximum Gasteiger partial charge on any atom is 0.0704 e. The fourth-order valence-electron chi connectivity index (χ4n) is 1.80. The Balaban J connectivity index is 2.43. The lowest BCUT2D eigenvalue weighted by atomic mass is 10.0. The Morgan fingerprint density at radius 3 is 2.29 bits per heavy atom. The number of hydrogen-bond acceptors (Lipinski definition) is 1. The van der Waals surface area contributed by atoms with Crippen LogP contribution >= 0.6 is 59.1 Å². The molecule has 1 aromatic heterocycles. The minimum absolute atomic E-state index is 0.251. The molecule has 2 rings (SSSR count). The van der Waals surface area contributed by atoms with Crippen molar-refractivity contribution in [1.29, 1.82) is 0 Å². The van der Waals surface area contributed by atoms with E-state index in [0.717, 1.165) is 4.47 Å². The van der Waals surface area contributed by atoms with Crippen LogP contribution < -0.4 is 0 Å². The summed E-state index contributed by atoms with van der Waals surface area (Å²) in [7, 11) is 0. The van der Waals surface area contributed by atoms with E-state index in [1.807, 2.05) is 0 Å². The van der Waals surface area contributed by atoms with Gasteiger partial charge in [0.25, 0.3) is 0 Å². The molecule has 0 nitrogen and oxygen atoms in total. The van der Waals surface area contributed by atoms with E-state index in [-0.39, 0.29) is 4.83 Å². The van der Waals surface area contributed by atoms with Crippen LogP contribution in [0.25, 0.3) is 0 Å². The molecule has 1 unspecified atom stereocenters. The molecule has 1 atom stereocenters. The minimum Gasteiger partial charge on any atom is -0.133 e. The smallest absolute Gasteiger partial charge is 0.0704 e. The second kappa shape index (κ2) is 5.55. The van der Waals surface area contributed by atoms with Crippen LogP contribution in [-0.4, -0.2) is 0 Å². The van der Waals surface area contributed by atoms with Gasteiger partial charge in [0.05, 0.1) is 8.61 Å². The lowest BCUT2D eigenvalue weighted by Crippen LogP contribution is -1.93. The molecule has 1 aromatic carbocycles. The summed E-state index contributed by atoms with van der Waals surface area (Å²) in [4.78, 5) is 1.60. The lowest BCUT2D eigenvalue weighted by Gasteiger charge is -2.11. The molecule has 0 radical (unpaired) electrons. The summed E-state index contributed by atoms with van der Waals surface area (Å²) in [6, 6.07) is 8.70. The molecule has 17 heavy (non-hydrogen) atoms. The van der Waals surface area contributed by atoms with Gasteiger partial charge in [-0.2, -0.15) is 0 Å². The van der Waals surface area contributed by atoms with Crippen molar-refractivity contribution >= 4 is 59.1 Å². The van der Waals surface area contributed by atoms with E-state index in [1.54, 1.807) is 11.3 Å². The third-order valence-corrected chi connectivity index (χ3v) is 5.61. The van der Waals surface area contributed by atoms with Crippen molar-refractivity contribution in [2.45, 2.75) is 18.7 Å². The first-order valence-electron chi connectivity index (χ1n) is 5.14. The van der Waals surface area contributed by atoms with Crippen molar-refractivity contribution in [3.05, 3.63) is 54.1 Å². The Morgan fingerprint density at radius 1 is 1.06 bits per heavy atom. The summed E-state index contributed by atoms with van der Waals surface area (Å²) in [5, 5.41) is 0. The second-order valence-electron chi connectivity index (χ2n) is 3.99. The summed E-state index contributed by atoms with van der Waals surface area (Å²) >= 11 is 12.7. The Bertz CT molecular complexity index is 525. The van der Waals surface area contributed by atoms with E-state index < -0.39 is 0 Å². The first kappa shape index (κ1) is 13.8. The van der Waals surface area contributed by atoms with E-state index in [2.05, 4.69) is 85.9 Å². The zero-order valence-electron chi connectivity index (χ0n) is 9.43. The average molecular weight is 439 g/mol. The van der Waals surface area contributed by atoms with Gasteiger partial charge in [-0.25, -0.2) is 0 Å². The predicted molar refractivity (Wildman–Crippen MR) is 86.4 cm³/mol. The van der Waals surface area contributed by atoms with Gasteiger partial charge in [0.15, 0.2) is 0 Å². The van der Waals surface area contributed by atoms with Crippen molar-refractivity contribution < 1.29 is 0 Å². The molecular weight excluding hydrogens is 428 g/mol. The molecule has 0 N–H and O–H groups in total. The molecule has 2 aromatic rings. The van der Waals surface area contributed by atoms with Gasteiger partial charge in [-0.05, 0) is 64.7 Å². The highest BCUT2D eigenvalue weighted by molar-refractivity contribution is 9.11. The standard InChI is InChI=1S/C13H11Br3S/c1-7-3-9(5-10(14)4-7)13(16)11-6-12(15)17-8(11)2/h3-6,13H,1-2H3. The number of halogens is 3. The highest BCUT2D eigenvalue weighted by Gasteiger charge is 2.16. The third-order valence-electron chi connectivity index (χ3n) is 2.56. The van der Waals surface area contributed by atoms with Gasteiger partial charge in [0.2, 0.25) is 0 Å². The van der Waals surface area contributed by atoms with Crippen LogP contribution in [0.5, 0.6) is 0 Å². The van der Waals surface area contributed by atoms with Crippen molar-refractivity contribution in [3.63, 3.8) is 0 Å². The molecular formula is C13H11Br3S. The molecule has 0 spiro atoms. The average Bonchev–Trinajstić information content (AvgIpc) is 2.55. The van der Waals surface area contributed by atoms with E-state index in [1.165, 1.54) is 25.4 Å².